The normalized spacial score (nSPS) is 32.3. The zero-order valence-electron chi connectivity index (χ0n) is 18.5. The van der Waals surface area contributed by atoms with Crippen molar-refractivity contribution in [3.8, 4) is 0 Å². The van der Waals surface area contributed by atoms with Gasteiger partial charge in [0.2, 0.25) is 0 Å². The Morgan fingerprint density at radius 2 is 1.71 bits per heavy atom. The summed E-state index contributed by atoms with van der Waals surface area (Å²) in [6, 6.07) is 4.94. The van der Waals surface area contributed by atoms with Gasteiger partial charge in [0.05, 0.1) is 4.92 Å². The van der Waals surface area contributed by atoms with Crippen LogP contribution in [0.15, 0.2) is 18.2 Å². The molecule has 7 heteroatoms. The second-order valence-electron chi connectivity index (χ2n) is 10.7. The Balaban J connectivity index is 1.22. The summed E-state index contributed by atoms with van der Waals surface area (Å²) in [6.07, 6.45) is 9.32. The minimum absolute atomic E-state index is 0.0262. The van der Waals surface area contributed by atoms with Crippen molar-refractivity contribution in [3.63, 3.8) is 0 Å². The van der Waals surface area contributed by atoms with Crippen LogP contribution in [0.25, 0.3) is 0 Å². The van der Waals surface area contributed by atoms with Gasteiger partial charge in [-0.2, -0.15) is 0 Å². The van der Waals surface area contributed by atoms with Crippen LogP contribution in [-0.2, 0) is 0 Å². The molecule has 0 unspecified atom stereocenters. The van der Waals surface area contributed by atoms with E-state index in [1.54, 1.807) is 12.1 Å². The zero-order valence-corrected chi connectivity index (χ0v) is 18.5. The monoisotopic (exact) mass is 426 g/mol. The third-order valence-corrected chi connectivity index (χ3v) is 8.38. The number of nitro benzene ring substituents is 1. The second kappa shape index (κ2) is 8.08. The van der Waals surface area contributed by atoms with Gasteiger partial charge in [-0.15, -0.1) is 0 Å². The molecule has 1 aromatic rings. The van der Waals surface area contributed by atoms with Crippen molar-refractivity contribution < 1.29 is 9.72 Å². The van der Waals surface area contributed by atoms with Gasteiger partial charge in [-0.25, -0.2) is 0 Å². The van der Waals surface area contributed by atoms with Crippen LogP contribution in [-0.4, -0.2) is 55.5 Å². The molecule has 1 amide bonds. The first-order valence-corrected chi connectivity index (χ1v) is 11.9. The lowest BCUT2D eigenvalue weighted by molar-refractivity contribution is -0.384. The Morgan fingerprint density at radius 1 is 1.10 bits per heavy atom. The first kappa shape index (κ1) is 20.7. The molecule has 7 nitrogen and oxygen atoms in total. The van der Waals surface area contributed by atoms with Gasteiger partial charge in [-0.3, -0.25) is 14.9 Å². The molecule has 168 valence electrons. The van der Waals surface area contributed by atoms with E-state index in [9.17, 15) is 14.9 Å². The number of likely N-dealkylation sites (N-methyl/N-ethyl adjacent to an activating group) is 1. The number of anilines is 1. The molecule has 1 saturated heterocycles. The van der Waals surface area contributed by atoms with E-state index in [4.69, 9.17) is 0 Å². The maximum absolute atomic E-state index is 12.8. The molecule has 0 radical (unpaired) electrons. The Labute approximate surface area is 184 Å². The minimum Gasteiger partial charge on any atom is -0.363 e. The van der Waals surface area contributed by atoms with Crippen molar-refractivity contribution in [2.45, 2.75) is 44.9 Å². The number of hydrogen-bond donors (Lipinski definition) is 1. The van der Waals surface area contributed by atoms with Crippen LogP contribution in [0.1, 0.15) is 55.3 Å². The van der Waals surface area contributed by atoms with Gasteiger partial charge in [0, 0.05) is 44.4 Å². The van der Waals surface area contributed by atoms with Crippen LogP contribution >= 0.6 is 0 Å². The lowest BCUT2D eigenvalue weighted by Crippen LogP contribution is -2.47. The van der Waals surface area contributed by atoms with E-state index < -0.39 is 0 Å². The Kier molecular flexibility index (Phi) is 5.40. The summed E-state index contributed by atoms with van der Waals surface area (Å²) >= 11 is 0. The number of hydrogen-bond acceptors (Lipinski definition) is 5. The minimum atomic E-state index is -0.361. The van der Waals surface area contributed by atoms with Crippen molar-refractivity contribution in [3.05, 3.63) is 33.9 Å². The van der Waals surface area contributed by atoms with Crippen molar-refractivity contribution >= 4 is 17.3 Å². The molecule has 1 N–H and O–H groups in total. The number of amides is 1. The average molecular weight is 427 g/mol. The van der Waals surface area contributed by atoms with Crippen molar-refractivity contribution in [2.24, 2.45) is 23.2 Å². The van der Waals surface area contributed by atoms with Gasteiger partial charge >= 0.3 is 0 Å². The topological polar surface area (TPSA) is 78.7 Å². The average Bonchev–Trinajstić information content (AvgIpc) is 2.72. The molecular formula is C24H34N4O3. The molecule has 0 spiro atoms. The number of benzene rings is 1. The van der Waals surface area contributed by atoms with Crippen LogP contribution in [0.3, 0.4) is 0 Å². The maximum atomic E-state index is 12.8. The highest BCUT2D eigenvalue weighted by molar-refractivity contribution is 5.95. The van der Waals surface area contributed by atoms with E-state index in [0.29, 0.717) is 23.2 Å². The molecule has 4 saturated carbocycles. The number of piperazine rings is 1. The highest BCUT2D eigenvalue weighted by atomic mass is 16.6. The molecule has 4 aliphatic carbocycles. The quantitative estimate of drug-likeness (QED) is 0.554. The van der Waals surface area contributed by atoms with Crippen molar-refractivity contribution in [1.82, 2.24) is 10.2 Å². The molecule has 31 heavy (non-hydrogen) atoms. The van der Waals surface area contributed by atoms with E-state index in [0.717, 1.165) is 50.4 Å². The molecule has 5 fully saturated rings. The van der Waals surface area contributed by atoms with Crippen molar-refractivity contribution in [1.29, 1.82) is 0 Å². The second-order valence-corrected chi connectivity index (χ2v) is 10.7. The fourth-order valence-corrected chi connectivity index (χ4v) is 7.27. The van der Waals surface area contributed by atoms with Crippen LogP contribution in [0, 0.1) is 33.3 Å². The first-order valence-electron chi connectivity index (χ1n) is 11.9. The molecule has 1 aliphatic heterocycles. The SMILES string of the molecule is CN1CCN(c2ccc(C(=O)NCCC34CC5CC(CC(C5)C3)C4)cc2[N+](=O)[O-])CC1. The van der Waals surface area contributed by atoms with E-state index in [2.05, 4.69) is 17.3 Å². The summed E-state index contributed by atoms with van der Waals surface area (Å²) in [5.41, 5.74) is 1.45. The zero-order chi connectivity index (χ0) is 21.6. The van der Waals surface area contributed by atoms with Crippen LogP contribution in [0.2, 0.25) is 0 Å². The molecular weight excluding hydrogens is 392 g/mol. The Hall–Kier alpha value is -2.15. The molecule has 4 bridgehead atoms. The maximum Gasteiger partial charge on any atom is 0.293 e. The molecule has 1 heterocycles. The van der Waals surface area contributed by atoms with Gasteiger partial charge in [-0.05, 0) is 87.3 Å². The number of nitrogens with one attached hydrogen (secondary N) is 1. The lowest BCUT2D eigenvalue weighted by Gasteiger charge is -2.57. The first-order chi connectivity index (χ1) is 14.9. The fourth-order valence-electron chi connectivity index (χ4n) is 7.27. The standard InChI is InChI=1S/C24H34N4O3/c1-26-6-8-27(9-7-26)21-3-2-20(13-22(21)28(30)31)23(29)25-5-4-24-14-17-10-18(15-24)12-19(11-17)16-24/h2-3,13,17-19H,4-12,14-16H2,1H3,(H,25,29). The molecule has 0 aromatic heterocycles. The summed E-state index contributed by atoms with van der Waals surface area (Å²) in [4.78, 5) is 28.4. The molecule has 6 rings (SSSR count). The van der Waals surface area contributed by atoms with Crippen LogP contribution < -0.4 is 10.2 Å². The lowest BCUT2D eigenvalue weighted by atomic mass is 9.49. The molecule has 0 atom stereocenters. The summed E-state index contributed by atoms with van der Waals surface area (Å²) in [5, 5.41) is 14.8. The number of nitrogens with zero attached hydrogens (tertiary/aromatic N) is 3. The number of carbonyl (C=O) groups excluding carboxylic acids is 1. The van der Waals surface area contributed by atoms with Gasteiger partial charge in [0.15, 0.2) is 0 Å². The predicted octanol–water partition coefficient (Wildman–Crippen LogP) is 3.68. The molecule has 1 aromatic carbocycles. The highest BCUT2D eigenvalue weighted by Crippen LogP contribution is 2.61. The van der Waals surface area contributed by atoms with Gasteiger partial charge in [0.25, 0.3) is 11.6 Å². The van der Waals surface area contributed by atoms with E-state index >= 15 is 0 Å². The van der Waals surface area contributed by atoms with Crippen LogP contribution in [0.4, 0.5) is 11.4 Å². The fraction of sp³-hybridized carbons (Fsp3) is 0.708. The van der Waals surface area contributed by atoms with Gasteiger partial charge in [0.1, 0.15) is 5.69 Å². The number of carbonyl (C=O) groups is 1. The largest absolute Gasteiger partial charge is 0.363 e. The molecule has 5 aliphatic rings. The van der Waals surface area contributed by atoms with E-state index in [-0.39, 0.29) is 16.5 Å². The third kappa shape index (κ3) is 4.16. The van der Waals surface area contributed by atoms with Gasteiger partial charge < -0.3 is 15.1 Å². The van der Waals surface area contributed by atoms with Gasteiger partial charge in [-0.1, -0.05) is 0 Å². The summed E-state index contributed by atoms with van der Waals surface area (Å²) in [6.45, 7) is 3.94. The number of rotatable bonds is 6. The van der Waals surface area contributed by atoms with Crippen LogP contribution in [0.5, 0.6) is 0 Å². The summed E-state index contributed by atoms with van der Waals surface area (Å²) in [5.74, 6) is 2.53. The van der Waals surface area contributed by atoms with E-state index in [1.807, 2.05) is 4.90 Å². The smallest absolute Gasteiger partial charge is 0.293 e. The number of nitro groups is 1. The predicted molar refractivity (Wildman–Crippen MR) is 120 cm³/mol. The highest BCUT2D eigenvalue weighted by Gasteiger charge is 2.50. The van der Waals surface area contributed by atoms with Crippen molar-refractivity contribution in [2.75, 3.05) is 44.7 Å². The summed E-state index contributed by atoms with van der Waals surface area (Å²) in [7, 11) is 2.06. The third-order valence-electron chi connectivity index (χ3n) is 8.38. The van der Waals surface area contributed by atoms with E-state index in [1.165, 1.54) is 44.6 Å². The Morgan fingerprint density at radius 3 is 2.29 bits per heavy atom. The Bertz CT molecular complexity index is 827. The summed E-state index contributed by atoms with van der Waals surface area (Å²) < 4.78 is 0.